The van der Waals surface area contributed by atoms with Crippen LogP contribution in [-0.2, 0) is 0 Å². The van der Waals surface area contributed by atoms with Crippen LogP contribution in [0.5, 0.6) is 0 Å². The van der Waals surface area contributed by atoms with E-state index >= 15 is 0 Å². The predicted molar refractivity (Wildman–Crippen MR) is 115 cm³/mol. The molecule has 0 saturated carbocycles. The molecule has 0 radical (unpaired) electrons. The largest absolute Gasteiger partial charge is 0.369 e. The van der Waals surface area contributed by atoms with Gasteiger partial charge in [-0.05, 0) is 27.1 Å². The molecule has 0 atom stereocenters. The molecule has 0 aliphatic carbocycles. The summed E-state index contributed by atoms with van der Waals surface area (Å²) in [6.45, 7) is 3.67. The normalized spacial score (nSPS) is 12.7. The van der Waals surface area contributed by atoms with E-state index in [1.165, 1.54) is 0 Å². The van der Waals surface area contributed by atoms with E-state index in [9.17, 15) is 0 Å². The highest BCUT2D eigenvalue weighted by Crippen LogP contribution is 2.37. The lowest BCUT2D eigenvalue weighted by Crippen LogP contribution is -2.21. The van der Waals surface area contributed by atoms with Crippen molar-refractivity contribution in [3.8, 4) is 0 Å². The molecule has 28 heavy (non-hydrogen) atoms. The van der Waals surface area contributed by atoms with Crippen LogP contribution in [-0.4, -0.2) is 53.0 Å². The summed E-state index contributed by atoms with van der Waals surface area (Å²) in [5.74, 6) is 1.48. The number of benzene rings is 1. The molecule has 0 bridgehead atoms. The molecule has 0 spiro atoms. The van der Waals surface area contributed by atoms with Gasteiger partial charge in [0.15, 0.2) is 5.82 Å². The Balaban J connectivity index is 1.79. The van der Waals surface area contributed by atoms with Gasteiger partial charge in [-0.15, -0.1) is 0 Å². The van der Waals surface area contributed by atoms with Gasteiger partial charge in [0.05, 0.1) is 17.1 Å². The topological polar surface area (TPSA) is 81.2 Å². The van der Waals surface area contributed by atoms with Crippen LogP contribution in [0.1, 0.15) is 16.8 Å². The predicted octanol–water partition coefficient (Wildman–Crippen LogP) is 3.97. The smallest absolute Gasteiger partial charge is 0.178 e. The molecule has 0 saturated heterocycles. The van der Waals surface area contributed by atoms with Crippen LogP contribution >= 0.6 is 11.6 Å². The number of halogens is 1. The maximum Gasteiger partial charge on any atom is 0.178 e. The highest BCUT2D eigenvalue weighted by Gasteiger charge is 2.23. The molecular formula is C20H22ClN7. The summed E-state index contributed by atoms with van der Waals surface area (Å²) in [5, 5.41) is 14.7. The second-order valence-electron chi connectivity index (χ2n) is 6.96. The lowest BCUT2D eigenvalue weighted by molar-refractivity contribution is 0.425. The van der Waals surface area contributed by atoms with Crippen LogP contribution in [0.25, 0.3) is 0 Å². The zero-order chi connectivity index (χ0) is 19.7. The molecule has 0 amide bonds. The first-order valence-electron chi connectivity index (χ1n) is 9.07. The summed E-state index contributed by atoms with van der Waals surface area (Å²) >= 11 is 6.49. The third-order valence-corrected chi connectivity index (χ3v) is 4.87. The van der Waals surface area contributed by atoms with Crippen LogP contribution in [0.3, 0.4) is 0 Å². The second-order valence-corrected chi connectivity index (χ2v) is 7.36. The number of hydrogen-bond acceptors (Lipinski definition) is 6. The van der Waals surface area contributed by atoms with E-state index in [0.29, 0.717) is 10.8 Å². The van der Waals surface area contributed by atoms with Gasteiger partial charge in [-0.2, -0.15) is 5.10 Å². The van der Waals surface area contributed by atoms with Gasteiger partial charge in [0, 0.05) is 41.5 Å². The first kappa shape index (κ1) is 18.5. The van der Waals surface area contributed by atoms with Crippen molar-refractivity contribution < 1.29 is 0 Å². The van der Waals surface area contributed by atoms with Crippen molar-refractivity contribution in [3.63, 3.8) is 0 Å². The summed E-state index contributed by atoms with van der Waals surface area (Å²) in [5.41, 5.74) is 5.04. The Hall–Kier alpha value is -2.90. The van der Waals surface area contributed by atoms with E-state index in [4.69, 9.17) is 16.6 Å². The molecule has 2 aromatic heterocycles. The maximum atomic E-state index is 6.49. The molecule has 8 heteroatoms. The minimum absolute atomic E-state index is 0.644. The van der Waals surface area contributed by atoms with Crippen LogP contribution in [0.15, 0.2) is 41.5 Å². The van der Waals surface area contributed by atoms with Gasteiger partial charge in [0.25, 0.3) is 0 Å². The zero-order valence-electron chi connectivity index (χ0n) is 16.0. The Morgan fingerprint density at radius 2 is 2.00 bits per heavy atom. The molecule has 144 valence electrons. The number of anilines is 3. The fraction of sp³-hybridized carbons (Fsp3) is 0.250. The number of pyridine rings is 1. The molecule has 0 fully saturated rings. The number of likely N-dealkylation sites (N-methyl/N-ethyl adjacent to an activating group) is 1. The molecule has 1 aliphatic heterocycles. The standard InChI is InChI=1S/C20H22ClN7/c1-12-18-20(27-26-12)24-16-10-17(22-8-9-28(2)3)23-11-14(16)19(25-18)13-6-4-5-7-15(13)21/h4-7,10-11H,8-9H2,1-3H3,(H,22,23)(H2,24,26,27). The van der Waals surface area contributed by atoms with E-state index in [-0.39, 0.29) is 0 Å². The van der Waals surface area contributed by atoms with E-state index in [0.717, 1.165) is 52.8 Å². The number of aromatic nitrogens is 3. The molecule has 0 unspecified atom stereocenters. The first-order valence-corrected chi connectivity index (χ1v) is 9.45. The van der Waals surface area contributed by atoms with Crippen LogP contribution in [0.2, 0.25) is 5.02 Å². The van der Waals surface area contributed by atoms with Crippen molar-refractivity contribution in [1.29, 1.82) is 0 Å². The summed E-state index contributed by atoms with van der Waals surface area (Å²) in [7, 11) is 4.09. The second kappa shape index (κ2) is 7.61. The molecule has 1 aromatic carbocycles. The minimum atomic E-state index is 0.644. The Labute approximate surface area is 168 Å². The number of nitrogens with zero attached hydrogens (tertiary/aromatic N) is 4. The van der Waals surface area contributed by atoms with Gasteiger partial charge >= 0.3 is 0 Å². The van der Waals surface area contributed by atoms with E-state index in [1.807, 2.05) is 57.5 Å². The van der Waals surface area contributed by atoms with Crippen LogP contribution in [0.4, 0.5) is 23.0 Å². The average molecular weight is 396 g/mol. The van der Waals surface area contributed by atoms with E-state index < -0.39 is 0 Å². The van der Waals surface area contributed by atoms with Gasteiger partial charge in [-0.25, -0.2) is 9.98 Å². The SMILES string of the molecule is Cc1[nH]nc2c1N=C(c1ccccc1Cl)c1cnc(NCCN(C)C)cc1N2. The number of H-pyrrole nitrogens is 1. The fourth-order valence-electron chi connectivity index (χ4n) is 3.06. The number of hydrogen-bond donors (Lipinski definition) is 3. The van der Waals surface area contributed by atoms with Gasteiger partial charge in [0.2, 0.25) is 0 Å². The van der Waals surface area contributed by atoms with Crippen LogP contribution in [0, 0.1) is 6.92 Å². The molecule has 1 aliphatic rings. The van der Waals surface area contributed by atoms with Gasteiger partial charge in [-0.3, -0.25) is 5.10 Å². The van der Waals surface area contributed by atoms with Crippen molar-refractivity contribution in [2.75, 3.05) is 37.8 Å². The number of aromatic amines is 1. The molecule has 3 N–H and O–H groups in total. The quantitative estimate of drug-likeness (QED) is 0.476. The van der Waals surface area contributed by atoms with Crippen molar-refractivity contribution in [2.45, 2.75) is 6.92 Å². The van der Waals surface area contributed by atoms with Gasteiger partial charge < -0.3 is 15.5 Å². The highest BCUT2D eigenvalue weighted by molar-refractivity contribution is 6.36. The average Bonchev–Trinajstić information content (AvgIpc) is 2.92. The maximum absolute atomic E-state index is 6.49. The van der Waals surface area contributed by atoms with Gasteiger partial charge in [-0.1, -0.05) is 29.8 Å². The molecule has 3 aromatic rings. The summed E-state index contributed by atoms with van der Waals surface area (Å²) in [4.78, 5) is 11.6. The Bertz CT molecular complexity index is 1040. The number of nitrogens with one attached hydrogen (secondary N) is 3. The Kier molecular flexibility index (Phi) is 5.02. The molecule has 4 rings (SSSR count). The Morgan fingerprint density at radius 1 is 1.18 bits per heavy atom. The number of aliphatic imine (C=N–C) groups is 1. The summed E-state index contributed by atoms with van der Waals surface area (Å²) in [6.07, 6.45) is 1.83. The van der Waals surface area contributed by atoms with Crippen molar-refractivity contribution in [3.05, 3.63) is 58.4 Å². The summed E-state index contributed by atoms with van der Waals surface area (Å²) in [6, 6.07) is 9.68. The lowest BCUT2D eigenvalue weighted by atomic mass is 10.0. The molecule has 7 nitrogen and oxygen atoms in total. The number of rotatable bonds is 5. The lowest BCUT2D eigenvalue weighted by Gasteiger charge is -2.14. The van der Waals surface area contributed by atoms with E-state index in [1.54, 1.807) is 0 Å². The number of aryl methyl sites for hydroxylation is 1. The summed E-state index contributed by atoms with van der Waals surface area (Å²) < 4.78 is 0. The van der Waals surface area contributed by atoms with Gasteiger partial charge in [0.1, 0.15) is 11.5 Å². The number of fused-ring (bicyclic) bond motifs is 2. The Morgan fingerprint density at radius 3 is 2.79 bits per heavy atom. The highest BCUT2D eigenvalue weighted by atomic mass is 35.5. The fourth-order valence-corrected chi connectivity index (χ4v) is 3.28. The monoisotopic (exact) mass is 395 g/mol. The third kappa shape index (κ3) is 3.58. The minimum Gasteiger partial charge on any atom is -0.369 e. The first-order chi connectivity index (χ1) is 13.5. The zero-order valence-corrected chi connectivity index (χ0v) is 16.8. The third-order valence-electron chi connectivity index (χ3n) is 4.54. The van der Waals surface area contributed by atoms with Crippen LogP contribution < -0.4 is 10.6 Å². The molecular weight excluding hydrogens is 374 g/mol. The van der Waals surface area contributed by atoms with Crippen molar-refractivity contribution in [1.82, 2.24) is 20.1 Å². The van der Waals surface area contributed by atoms with E-state index in [2.05, 4.69) is 30.7 Å². The van der Waals surface area contributed by atoms with Crippen molar-refractivity contribution >= 4 is 40.3 Å². The van der Waals surface area contributed by atoms with Crippen molar-refractivity contribution in [2.24, 2.45) is 4.99 Å². The molecule has 3 heterocycles.